The van der Waals surface area contributed by atoms with E-state index in [1.54, 1.807) is 0 Å². The minimum Gasteiger partial charge on any atom is -0.309 e. The van der Waals surface area contributed by atoms with Crippen LogP contribution in [0.3, 0.4) is 0 Å². The van der Waals surface area contributed by atoms with E-state index >= 15 is 0 Å². The molecule has 0 bridgehead atoms. The average Bonchev–Trinajstić information content (AvgIpc) is 4.11. The summed E-state index contributed by atoms with van der Waals surface area (Å²) in [5.74, 6) is 0. The number of rotatable bonds is 6. The Morgan fingerprint density at radius 2 is 0.906 bits per heavy atom. The smallest absolute Gasteiger partial charge is 0.0782 e. The lowest BCUT2D eigenvalue weighted by atomic mass is 9.98. The lowest BCUT2D eigenvalue weighted by molar-refractivity contribution is 1.18. The number of thiophene rings is 1. The summed E-state index contributed by atoms with van der Waals surface area (Å²) in [7, 11) is 0. The maximum atomic E-state index is 2.50. The van der Waals surface area contributed by atoms with Crippen LogP contribution in [0.25, 0.3) is 108 Å². The number of hydrogen-bond donors (Lipinski definition) is 0. The molecule has 14 rings (SSSR count). The predicted octanol–water partition coefficient (Wildman–Crippen LogP) is 17.1. The van der Waals surface area contributed by atoms with Crippen molar-refractivity contribution in [1.29, 1.82) is 0 Å². The van der Waals surface area contributed by atoms with E-state index in [-0.39, 0.29) is 0 Å². The molecule has 3 nitrogen and oxygen atoms in total. The molecule has 0 saturated carbocycles. The highest BCUT2D eigenvalue weighted by molar-refractivity contribution is 7.25. The van der Waals surface area contributed by atoms with Crippen LogP contribution in [0.4, 0.5) is 17.1 Å². The number of nitrogens with zero attached hydrogens (tertiary/aromatic N) is 3. The van der Waals surface area contributed by atoms with Crippen LogP contribution in [-0.4, -0.2) is 8.97 Å². The summed E-state index contributed by atoms with van der Waals surface area (Å²) >= 11 is 1.86. The third kappa shape index (κ3) is 5.09. The van der Waals surface area contributed by atoms with Gasteiger partial charge in [0.05, 0.1) is 33.3 Å². The van der Waals surface area contributed by atoms with E-state index in [9.17, 15) is 0 Å². The van der Waals surface area contributed by atoms with Crippen LogP contribution in [0.1, 0.15) is 0 Å². The quantitative estimate of drug-likeness (QED) is 0.163. The Morgan fingerprint density at radius 1 is 0.344 bits per heavy atom. The first-order valence-electron chi connectivity index (χ1n) is 21.9. The molecule has 0 aliphatic heterocycles. The first kappa shape index (κ1) is 35.4. The molecule has 0 amide bonds. The molecule has 4 aromatic heterocycles. The van der Waals surface area contributed by atoms with Gasteiger partial charge in [-0.05, 0) is 101 Å². The fourth-order valence-electron chi connectivity index (χ4n) is 10.7. The standard InChI is InChI=1S/C60H37N3S/c1-2-13-41(14-3-1)62-53-23-8-5-17-50(53)58-44(18-11-24-54(58)62)39-29-34-43(35-30-39)61(42-32-27-38(28-33-42)40-31-36-57-51(37-40)46-16-6-9-26-56(46)64-57)55-25-12-21-49-48-20-10-19-47-45-15-4-7-22-52(45)63(59(47)48)60(49)55/h1-37H. The fraction of sp³-hybridized carbons (Fsp3) is 0. The molecule has 0 aliphatic rings. The second-order valence-corrected chi connectivity index (χ2v) is 17.9. The molecule has 0 saturated heterocycles. The van der Waals surface area contributed by atoms with Crippen LogP contribution in [0, 0.1) is 0 Å². The highest BCUT2D eigenvalue weighted by atomic mass is 32.1. The SMILES string of the molecule is c1ccc(-n2c3ccccc3c3c(-c4ccc(N(c5ccc(-c6ccc7sc8ccccc8c7c6)cc5)c5cccc6c7cccc8c9ccccc9n(c56)c87)cc4)cccc32)cc1. The van der Waals surface area contributed by atoms with Gasteiger partial charge in [-0.2, -0.15) is 0 Å². The topological polar surface area (TPSA) is 12.6 Å². The summed E-state index contributed by atoms with van der Waals surface area (Å²) < 4.78 is 7.54. The molecule has 0 fully saturated rings. The van der Waals surface area contributed by atoms with Crippen LogP contribution in [0.15, 0.2) is 224 Å². The van der Waals surface area contributed by atoms with Gasteiger partial charge in [-0.25, -0.2) is 0 Å². The third-order valence-electron chi connectivity index (χ3n) is 13.4. The molecule has 0 spiro atoms. The highest BCUT2D eigenvalue weighted by Crippen LogP contribution is 2.47. The lowest BCUT2D eigenvalue weighted by Gasteiger charge is -2.27. The van der Waals surface area contributed by atoms with Gasteiger partial charge in [0.2, 0.25) is 0 Å². The van der Waals surface area contributed by atoms with Crippen LogP contribution in [0.2, 0.25) is 0 Å². The number of anilines is 3. The van der Waals surface area contributed by atoms with Crippen LogP contribution < -0.4 is 4.90 Å². The Morgan fingerprint density at radius 3 is 1.70 bits per heavy atom. The molecule has 0 radical (unpaired) electrons. The van der Waals surface area contributed by atoms with E-state index < -0.39 is 0 Å². The van der Waals surface area contributed by atoms with Crippen LogP contribution in [0.5, 0.6) is 0 Å². The maximum Gasteiger partial charge on any atom is 0.0782 e. The van der Waals surface area contributed by atoms with Gasteiger partial charge in [0.15, 0.2) is 0 Å². The van der Waals surface area contributed by atoms with Gasteiger partial charge in [-0.15, -0.1) is 11.3 Å². The number of aromatic nitrogens is 2. The zero-order valence-corrected chi connectivity index (χ0v) is 35.4. The second kappa shape index (κ2) is 13.7. The number of fused-ring (bicyclic) bond motifs is 12. The summed E-state index contributed by atoms with van der Waals surface area (Å²) in [6, 6.07) is 82.7. The molecule has 0 aliphatic carbocycles. The van der Waals surface area contributed by atoms with Crippen molar-refractivity contribution in [2.24, 2.45) is 0 Å². The molecule has 64 heavy (non-hydrogen) atoms. The van der Waals surface area contributed by atoms with E-state index in [1.807, 2.05) is 11.3 Å². The second-order valence-electron chi connectivity index (χ2n) is 16.9. The van der Waals surface area contributed by atoms with Gasteiger partial charge in [0.1, 0.15) is 0 Å². The van der Waals surface area contributed by atoms with Crippen molar-refractivity contribution < 1.29 is 0 Å². The van der Waals surface area contributed by atoms with Crippen molar-refractivity contribution in [3.63, 3.8) is 0 Å². The molecule has 14 aromatic rings. The van der Waals surface area contributed by atoms with Gasteiger partial charge in [-0.3, -0.25) is 0 Å². The fourth-order valence-corrected chi connectivity index (χ4v) is 11.8. The molecule has 4 heterocycles. The lowest BCUT2D eigenvalue weighted by Crippen LogP contribution is -2.11. The number of benzene rings is 10. The van der Waals surface area contributed by atoms with Crippen LogP contribution >= 0.6 is 11.3 Å². The van der Waals surface area contributed by atoms with Crippen molar-refractivity contribution in [3.8, 4) is 27.9 Å². The molecule has 10 aromatic carbocycles. The average molecular weight is 832 g/mol. The highest BCUT2D eigenvalue weighted by Gasteiger charge is 2.24. The monoisotopic (exact) mass is 831 g/mol. The predicted molar refractivity (Wildman–Crippen MR) is 274 cm³/mol. The Labute approximate surface area is 372 Å². The summed E-state index contributed by atoms with van der Waals surface area (Å²) in [5.41, 5.74) is 15.4. The summed E-state index contributed by atoms with van der Waals surface area (Å²) in [6.45, 7) is 0. The molecule has 0 unspecified atom stereocenters. The first-order valence-corrected chi connectivity index (χ1v) is 22.7. The Balaban J connectivity index is 0.960. The Bertz CT molecular complexity index is 4120. The zero-order valence-electron chi connectivity index (χ0n) is 34.6. The largest absolute Gasteiger partial charge is 0.309 e. The summed E-state index contributed by atoms with van der Waals surface area (Å²) in [5, 5.41) is 10.2. The number of hydrogen-bond acceptors (Lipinski definition) is 2. The minimum absolute atomic E-state index is 1.10. The molecule has 0 atom stereocenters. The van der Waals surface area contributed by atoms with E-state index in [0.29, 0.717) is 0 Å². The van der Waals surface area contributed by atoms with Gasteiger partial charge in [0, 0.05) is 69.6 Å². The zero-order chi connectivity index (χ0) is 41.9. The van der Waals surface area contributed by atoms with Crippen molar-refractivity contribution in [2.75, 3.05) is 4.90 Å². The molecule has 4 heteroatoms. The van der Waals surface area contributed by atoms with Crippen molar-refractivity contribution >= 4 is 108 Å². The molecular formula is C60H37N3S. The Kier molecular flexibility index (Phi) is 7.56. The van der Waals surface area contributed by atoms with Crippen molar-refractivity contribution in [1.82, 2.24) is 8.97 Å². The van der Waals surface area contributed by atoms with E-state index in [2.05, 4.69) is 238 Å². The normalized spacial score (nSPS) is 12.1. The summed E-state index contributed by atoms with van der Waals surface area (Å²) in [6.07, 6.45) is 0. The van der Waals surface area contributed by atoms with Gasteiger partial charge < -0.3 is 13.9 Å². The first-order chi connectivity index (χ1) is 31.8. The van der Waals surface area contributed by atoms with E-state index in [4.69, 9.17) is 0 Å². The van der Waals surface area contributed by atoms with Crippen LogP contribution in [-0.2, 0) is 0 Å². The van der Waals surface area contributed by atoms with E-state index in [1.165, 1.54) is 102 Å². The molecule has 0 N–H and O–H groups in total. The van der Waals surface area contributed by atoms with Gasteiger partial charge in [0.25, 0.3) is 0 Å². The minimum atomic E-state index is 1.10. The van der Waals surface area contributed by atoms with Crippen molar-refractivity contribution in [3.05, 3.63) is 224 Å². The van der Waals surface area contributed by atoms with E-state index in [0.717, 1.165) is 22.7 Å². The maximum absolute atomic E-state index is 2.50. The van der Waals surface area contributed by atoms with Gasteiger partial charge in [-0.1, -0.05) is 146 Å². The summed E-state index contributed by atoms with van der Waals surface area (Å²) in [4.78, 5) is 2.45. The Hall–Kier alpha value is -8.18. The molecular weight excluding hydrogens is 795 g/mol. The number of para-hydroxylation sites is 5. The van der Waals surface area contributed by atoms with Crippen molar-refractivity contribution in [2.45, 2.75) is 0 Å². The third-order valence-corrected chi connectivity index (χ3v) is 14.6. The molecule has 298 valence electrons. The van der Waals surface area contributed by atoms with Gasteiger partial charge >= 0.3 is 0 Å².